The zero-order valence-corrected chi connectivity index (χ0v) is 12.8. The molecule has 1 heterocycles. The molecule has 1 aromatic carbocycles. The molecule has 2 rings (SSSR count). The van der Waals surface area contributed by atoms with E-state index in [4.69, 9.17) is 4.74 Å². The fourth-order valence-electron chi connectivity index (χ4n) is 1.72. The Bertz CT molecular complexity index is 529. The van der Waals surface area contributed by atoms with E-state index in [9.17, 15) is 4.79 Å². The van der Waals surface area contributed by atoms with Crippen molar-refractivity contribution in [2.75, 3.05) is 0 Å². The lowest BCUT2D eigenvalue weighted by molar-refractivity contribution is 0.0399. The van der Waals surface area contributed by atoms with E-state index >= 15 is 0 Å². The van der Waals surface area contributed by atoms with Crippen molar-refractivity contribution in [1.29, 1.82) is 0 Å². The molecule has 1 aliphatic rings. The molecule has 4 heteroatoms. The van der Waals surface area contributed by atoms with Gasteiger partial charge >= 0.3 is 6.09 Å². The van der Waals surface area contributed by atoms with Crippen LogP contribution in [0.25, 0.3) is 0 Å². The molecule has 0 aromatic heterocycles. The van der Waals surface area contributed by atoms with Gasteiger partial charge in [0.05, 0.1) is 0 Å². The summed E-state index contributed by atoms with van der Waals surface area (Å²) in [6, 6.07) is 10.2. The predicted molar refractivity (Wildman–Crippen MR) is 83.0 cm³/mol. The van der Waals surface area contributed by atoms with Crippen LogP contribution in [0, 0.1) is 0 Å². The molecule has 1 aliphatic heterocycles. The van der Waals surface area contributed by atoms with E-state index < -0.39 is 5.60 Å². The topological polar surface area (TPSA) is 29.5 Å². The second kappa shape index (κ2) is 6.18. The van der Waals surface area contributed by atoms with E-state index in [1.54, 1.807) is 18.0 Å². The van der Waals surface area contributed by atoms with Gasteiger partial charge in [-0.25, -0.2) is 4.79 Å². The number of amides is 1. The lowest BCUT2D eigenvalue weighted by Crippen LogP contribution is -2.31. The molecule has 0 unspecified atom stereocenters. The SMILES string of the molecule is CC(C)(C)OC(=O)N1C=CSC(Cc2ccccc2)=C1. The van der Waals surface area contributed by atoms with Crippen LogP contribution >= 0.6 is 11.8 Å². The van der Waals surface area contributed by atoms with Gasteiger partial charge in [-0.05, 0) is 31.7 Å². The van der Waals surface area contributed by atoms with Crippen molar-refractivity contribution < 1.29 is 9.53 Å². The number of hydrogen-bond acceptors (Lipinski definition) is 3. The number of carbonyl (C=O) groups is 1. The molecule has 106 valence electrons. The molecule has 0 N–H and O–H groups in total. The standard InChI is InChI=1S/C16H19NO2S/c1-16(2,3)19-15(18)17-9-10-20-14(12-17)11-13-7-5-4-6-8-13/h4-10,12H,11H2,1-3H3. The summed E-state index contributed by atoms with van der Waals surface area (Å²) in [5, 5.41) is 1.90. The summed E-state index contributed by atoms with van der Waals surface area (Å²) in [7, 11) is 0. The van der Waals surface area contributed by atoms with Crippen LogP contribution in [-0.4, -0.2) is 16.6 Å². The number of thioether (sulfide) groups is 1. The largest absolute Gasteiger partial charge is 0.443 e. The number of carbonyl (C=O) groups excluding carboxylic acids is 1. The number of allylic oxidation sites excluding steroid dienone is 1. The third kappa shape index (κ3) is 4.46. The summed E-state index contributed by atoms with van der Waals surface area (Å²) in [5.41, 5.74) is 0.744. The summed E-state index contributed by atoms with van der Waals surface area (Å²) in [6.07, 6.45) is 4.04. The van der Waals surface area contributed by atoms with Gasteiger partial charge in [-0.2, -0.15) is 0 Å². The summed E-state index contributed by atoms with van der Waals surface area (Å²) < 4.78 is 5.36. The van der Waals surface area contributed by atoms with E-state index in [1.165, 1.54) is 10.5 Å². The van der Waals surface area contributed by atoms with Gasteiger partial charge in [-0.1, -0.05) is 42.1 Å². The molecular weight excluding hydrogens is 270 g/mol. The molecule has 0 saturated heterocycles. The molecule has 1 amide bonds. The summed E-state index contributed by atoms with van der Waals surface area (Å²) in [6.45, 7) is 5.59. The molecule has 0 saturated carbocycles. The van der Waals surface area contributed by atoms with Gasteiger partial charge in [-0.15, -0.1) is 0 Å². The molecule has 0 bridgehead atoms. The minimum atomic E-state index is -0.483. The van der Waals surface area contributed by atoms with Crippen LogP contribution in [0.1, 0.15) is 26.3 Å². The second-order valence-corrected chi connectivity index (χ2v) is 6.58. The maximum Gasteiger partial charge on any atom is 0.418 e. The van der Waals surface area contributed by atoms with Crippen LogP contribution in [0.3, 0.4) is 0 Å². The Hall–Kier alpha value is -1.68. The van der Waals surface area contributed by atoms with Crippen LogP contribution in [0.5, 0.6) is 0 Å². The van der Waals surface area contributed by atoms with Gasteiger partial charge in [0.2, 0.25) is 0 Å². The van der Waals surface area contributed by atoms with Crippen LogP contribution in [-0.2, 0) is 11.2 Å². The average molecular weight is 289 g/mol. The third-order valence-corrected chi connectivity index (χ3v) is 3.36. The van der Waals surface area contributed by atoms with Crippen LogP contribution in [0.15, 0.2) is 53.0 Å². The first-order valence-corrected chi connectivity index (χ1v) is 7.41. The van der Waals surface area contributed by atoms with E-state index in [1.807, 2.05) is 50.6 Å². The maximum absolute atomic E-state index is 12.0. The normalized spacial score (nSPS) is 14.9. The maximum atomic E-state index is 12.0. The van der Waals surface area contributed by atoms with Gasteiger partial charge in [0, 0.05) is 23.7 Å². The molecule has 0 fully saturated rings. The van der Waals surface area contributed by atoms with Crippen LogP contribution < -0.4 is 0 Å². The minimum Gasteiger partial charge on any atom is -0.443 e. The molecule has 0 radical (unpaired) electrons. The third-order valence-electron chi connectivity index (χ3n) is 2.55. The molecule has 20 heavy (non-hydrogen) atoms. The summed E-state index contributed by atoms with van der Waals surface area (Å²) in [5.74, 6) is 0. The second-order valence-electron chi connectivity index (χ2n) is 5.55. The number of benzene rings is 1. The van der Waals surface area contributed by atoms with Gasteiger partial charge in [-0.3, -0.25) is 4.90 Å². The highest BCUT2D eigenvalue weighted by atomic mass is 32.2. The zero-order chi connectivity index (χ0) is 14.6. The van der Waals surface area contributed by atoms with Crippen molar-refractivity contribution >= 4 is 17.9 Å². The van der Waals surface area contributed by atoms with Crippen LogP contribution in [0.4, 0.5) is 4.79 Å². The van der Waals surface area contributed by atoms with Crippen molar-refractivity contribution in [2.24, 2.45) is 0 Å². The van der Waals surface area contributed by atoms with Crippen molar-refractivity contribution in [3.8, 4) is 0 Å². The van der Waals surface area contributed by atoms with Gasteiger partial charge in [0.15, 0.2) is 0 Å². The first kappa shape index (κ1) is 14.7. The highest BCUT2D eigenvalue weighted by molar-refractivity contribution is 8.05. The molecule has 0 aliphatic carbocycles. The Morgan fingerprint density at radius 2 is 1.95 bits per heavy atom. The minimum absolute atomic E-state index is 0.348. The molecular formula is C16H19NO2S. The Labute approximate surface area is 124 Å². The van der Waals surface area contributed by atoms with Gasteiger partial charge < -0.3 is 4.74 Å². The van der Waals surface area contributed by atoms with Gasteiger partial charge in [0.1, 0.15) is 5.60 Å². The number of nitrogens with zero attached hydrogens (tertiary/aromatic N) is 1. The molecule has 0 spiro atoms. The molecule has 3 nitrogen and oxygen atoms in total. The molecule has 0 atom stereocenters. The average Bonchev–Trinajstić information content (AvgIpc) is 2.38. The Kier molecular flexibility index (Phi) is 4.55. The Morgan fingerprint density at radius 3 is 2.60 bits per heavy atom. The van der Waals surface area contributed by atoms with Crippen molar-refractivity contribution in [2.45, 2.75) is 32.8 Å². The van der Waals surface area contributed by atoms with Crippen LogP contribution in [0.2, 0.25) is 0 Å². The predicted octanol–water partition coefficient (Wildman–Crippen LogP) is 4.53. The lowest BCUT2D eigenvalue weighted by Gasteiger charge is -2.25. The fourth-order valence-corrected chi connectivity index (χ4v) is 2.52. The number of hydrogen-bond donors (Lipinski definition) is 0. The van der Waals surface area contributed by atoms with Gasteiger partial charge in [0.25, 0.3) is 0 Å². The van der Waals surface area contributed by atoms with E-state index in [-0.39, 0.29) is 6.09 Å². The smallest absolute Gasteiger partial charge is 0.418 e. The van der Waals surface area contributed by atoms with E-state index in [0.29, 0.717) is 0 Å². The quantitative estimate of drug-likeness (QED) is 0.801. The van der Waals surface area contributed by atoms with E-state index in [0.717, 1.165) is 11.3 Å². The number of rotatable bonds is 2. The van der Waals surface area contributed by atoms with E-state index in [2.05, 4.69) is 12.1 Å². The molecule has 1 aromatic rings. The monoisotopic (exact) mass is 289 g/mol. The highest BCUT2D eigenvalue weighted by Crippen LogP contribution is 2.27. The Balaban J connectivity index is 2.03. The lowest BCUT2D eigenvalue weighted by atomic mass is 10.1. The first-order chi connectivity index (χ1) is 9.44. The zero-order valence-electron chi connectivity index (χ0n) is 12.0. The summed E-state index contributed by atoms with van der Waals surface area (Å²) in [4.78, 5) is 14.6. The first-order valence-electron chi connectivity index (χ1n) is 6.53. The summed E-state index contributed by atoms with van der Waals surface area (Å²) >= 11 is 1.63. The number of ether oxygens (including phenoxy) is 1. The van der Waals surface area contributed by atoms with Crippen molar-refractivity contribution in [3.63, 3.8) is 0 Å². The Morgan fingerprint density at radius 1 is 1.25 bits per heavy atom. The fraction of sp³-hybridized carbons (Fsp3) is 0.312. The van der Waals surface area contributed by atoms with Crippen molar-refractivity contribution in [3.05, 3.63) is 58.6 Å². The van der Waals surface area contributed by atoms with Crippen molar-refractivity contribution in [1.82, 2.24) is 4.90 Å². The highest BCUT2D eigenvalue weighted by Gasteiger charge is 2.21.